The number of rotatable bonds is 8. The van der Waals surface area contributed by atoms with E-state index in [1.807, 2.05) is 75.4 Å². The molecule has 2 N–H and O–H groups in total. The zero-order valence-electron chi connectivity index (χ0n) is 21.5. The van der Waals surface area contributed by atoms with Crippen molar-refractivity contribution in [3.63, 3.8) is 0 Å². The molecule has 0 aliphatic carbocycles. The molecule has 36 heavy (non-hydrogen) atoms. The van der Waals surface area contributed by atoms with Crippen LogP contribution in [-0.4, -0.2) is 52.8 Å². The average Bonchev–Trinajstić information content (AvgIpc) is 3.20. The molecule has 0 fully saturated rings. The zero-order valence-corrected chi connectivity index (χ0v) is 21.5. The van der Waals surface area contributed by atoms with E-state index in [9.17, 15) is 14.4 Å². The second kappa shape index (κ2) is 10.0. The molecule has 4 rings (SSSR count). The van der Waals surface area contributed by atoms with Crippen LogP contribution in [0.5, 0.6) is 11.5 Å². The lowest BCUT2D eigenvalue weighted by atomic mass is 9.95. The van der Waals surface area contributed by atoms with Crippen molar-refractivity contribution in [2.45, 2.75) is 46.2 Å². The van der Waals surface area contributed by atoms with Crippen molar-refractivity contribution in [3.8, 4) is 11.5 Å². The maximum atomic E-state index is 13.8. The highest BCUT2D eigenvalue weighted by Gasteiger charge is 2.49. The Hall–Kier alpha value is -3.81. The van der Waals surface area contributed by atoms with Gasteiger partial charge in [-0.05, 0) is 56.5 Å². The lowest BCUT2D eigenvalue weighted by Crippen LogP contribution is -2.56. The lowest BCUT2D eigenvalue weighted by Gasteiger charge is -2.35. The second-order valence-electron chi connectivity index (χ2n) is 10.0. The number of carbonyl (C=O) groups is 3. The van der Waals surface area contributed by atoms with E-state index >= 15 is 0 Å². The third kappa shape index (κ3) is 4.80. The molecule has 8 nitrogen and oxygen atoms in total. The van der Waals surface area contributed by atoms with E-state index < -0.39 is 11.6 Å². The van der Waals surface area contributed by atoms with E-state index in [4.69, 9.17) is 4.74 Å². The lowest BCUT2D eigenvalue weighted by molar-refractivity contribution is -0.141. The number of nitrogens with zero attached hydrogens (tertiary/aromatic N) is 2. The molecule has 0 spiro atoms. The van der Waals surface area contributed by atoms with E-state index in [0.29, 0.717) is 35.9 Å². The van der Waals surface area contributed by atoms with Crippen LogP contribution in [0.3, 0.4) is 0 Å². The first-order valence-corrected chi connectivity index (χ1v) is 12.4. The number of likely N-dealkylation sites (N-methyl/N-ethyl adjacent to an activating group) is 1. The van der Waals surface area contributed by atoms with Gasteiger partial charge >= 0.3 is 6.03 Å². The highest BCUT2D eigenvalue weighted by atomic mass is 16.5. The molecule has 1 unspecified atom stereocenters. The number of urea groups is 1. The molecule has 2 heterocycles. The summed E-state index contributed by atoms with van der Waals surface area (Å²) < 4.78 is 5.98. The van der Waals surface area contributed by atoms with Crippen LogP contribution in [0, 0.1) is 5.92 Å². The molecular weight excluding hydrogens is 456 g/mol. The number of para-hydroxylation sites is 1. The zero-order chi connectivity index (χ0) is 26.0. The van der Waals surface area contributed by atoms with Gasteiger partial charge in [0.05, 0.1) is 23.9 Å². The van der Waals surface area contributed by atoms with Gasteiger partial charge < -0.3 is 20.3 Å². The molecule has 8 heteroatoms. The third-order valence-electron chi connectivity index (χ3n) is 6.61. The fraction of sp³-hybridized carbons (Fsp3) is 0.393. The number of nitrogens with one attached hydrogen (secondary N) is 2. The van der Waals surface area contributed by atoms with Crippen molar-refractivity contribution in [3.05, 3.63) is 71.4 Å². The fourth-order valence-corrected chi connectivity index (χ4v) is 4.55. The van der Waals surface area contributed by atoms with Gasteiger partial charge in [0, 0.05) is 13.1 Å². The summed E-state index contributed by atoms with van der Waals surface area (Å²) in [6.45, 7) is 10.5. The van der Waals surface area contributed by atoms with E-state index in [-0.39, 0.29) is 30.3 Å². The van der Waals surface area contributed by atoms with E-state index in [1.54, 1.807) is 23.6 Å². The van der Waals surface area contributed by atoms with Gasteiger partial charge in [-0.15, -0.1) is 0 Å². The Kier molecular flexibility index (Phi) is 7.06. The molecule has 0 aromatic heterocycles. The molecule has 0 radical (unpaired) electrons. The highest BCUT2D eigenvalue weighted by molar-refractivity contribution is 6.04. The Morgan fingerprint density at radius 2 is 1.81 bits per heavy atom. The van der Waals surface area contributed by atoms with Gasteiger partial charge in [0.1, 0.15) is 17.0 Å². The SMILES string of the molecule is CCN1C(=O)NC(c2cccc(Oc3ccccc3)c2)C2=C1CN(C(C)(C)C(=O)NCC(C)C)C2=O. The number of hydrogen-bond acceptors (Lipinski definition) is 4. The summed E-state index contributed by atoms with van der Waals surface area (Å²) in [4.78, 5) is 43.1. The monoisotopic (exact) mass is 490 g/mol. The molecule has 1 atom stereocenters. The first-order chi connectivity index (χ1) is 17.1. The van der Waals surface area contributed by atoms with Gasteiger partial charge in [0.25, 0.3) is 5.91 Å². The molecule has 4 amide bonds. The second-order valence-corrected chi connectivity index (χ2v) is 10.0. The van der Waals surface area contributed by atoms with E-state index in [0.717, 1.165) is 5.56 Å². The Labute approximate surface area is 212 Å². The smallest absolute Gasteiger partial charge is 0.322 e. The van der Waals surface area contributed by atoms with Crippen molar-refractivity contribution in [2.24, 2.45) is 5.92 Å². The molecule has 2 aliphatic rings. The quantitative estimate of drug-likeness (QED) is 0.580. The van der Waals surface area contributed by atoms with Crippen LogP contribution in [0.2, 0.25) is 0 Å². The van der Waals surface area contributed by atoms with Crippen molar-refractivity contribution >= 4 is 17.8 Å². The van der Waals surface area contributed by atoms with Crippen molar-refractivity contribution in [2.75, 3.05) is 19.6 Å². The average molecular weight is 491 g/mol. The maximum Gasteiger partial charge on any atom is 0.322 e. The van der Waals surface area contributed by atoms with Gasteiger partial charge in [-0.1, -0.05) is 44.2 Å². The van der Waals surface area contributed by atoms with Crippen LogP contribution < -0.4 is 15.4 Å². The minimum Gasteiger partial charge on any atom is -0.457 e. The Bertz CT molecular complexity index is 1190. The number of hydrogen-bond donors (Lipinski definition) is 2. The van der Waals surface area contributed by atoms with Crippen LogP contribution in [0.15, 0.2) is 65.9 Å². The topological polar surface area (TPSA) is 91.0 Å². The van der Waals surface area contributed by atoms with E-state index in [1.165, 1.54) is 0 Å². The molecule has 0 saturated heterocycles. The van der Waals surface area contributed by atoms with Gasteiger partial charge in [0.15, 0.2) is 0 Å². The van der Waals surface area contributed by atoms with Crippen LogP contribution >= 0.6 is 0 Å². The summed E-state index contributed by atoms with van der Waals surface area (Å²) in [5.41, 5.74) is 0.764. The molecule has 0 saturated carbocycles. The number of benzene rings is 2. The first-order valence-electron chi connectivity index (χ1n) is 12.4. The van der Waals surface area contributed by atoms with Crippen molar-refractivity contribution in [1.29, 1.82) is 0 Å². The minimum atomic E-state index is -1.09. The maximum absolute atomic E-state index is 13.8. The Balaban J connectivity index is 1.66. The van der Waals surface area contributed by atoms with Gasteiger partial charge in [-0.3, -0.25) is 14.5 Å². The van der Waals surface area contributed by atoms with Crippen molar-refractivity contribution < 1.29 is 19.1 Å². The van der Waals surface area contributed by atoms with Gasteiger partial charge in [-0.2, -0.15) is 0 Å². The summed E-state index contributed by atoms with van der Waals surface area (Å²) in [5, 5.41) is 5.94. The van der Waals surface area contributed by atoms with Gasteiger partial charge in [-0.25, -0.2) is 4.79 Å². The van der Waals surface area contributed by atoms with Crippen LogP contribution in [0.1, 0.15) is 46.2 Å². The van der Waals surface area contributed by atoms with Gasteiger partial charge in [0.2, 0.25) is 5.91 Å². The summed E-state index contributed by atoms with van der Waals surface area (Å²) in [6, 6.07) is 15.9. The van der Waals surface area contributed by atoms with Crippen LogP contribution in [0.4, 0.5) is 4.79 Å². The molecule has 0 bridgehead atoms. The summed E-state index contributed by atoms with van der Waals surface area (Å²) in [5.74, 6) is 1.10. The highest BCUT2D eigenvalue weighted by Crippen LogP contribution is 2.39. The standard InChI is InChI=1S/C28H34N4O4/c1-6-31-22-17-32(28(4,5)26(34)29-16-18(2)3)25(33)23(22)24(30-27(31)35)19-11-10-14-21(15-19)36-20-12-8-7-9-13-20/h7-15,18,24H,6,16-17H2,1-5H3,(H,29,34)(H,30,35). The minimum absolute atomic E-state index is 0.189. The molecule has 2 aliphatic heterocycles. The normalized spacial score (nSPS) is 17.9. The predicted molar refractivity (Wildman–Crippen MR) is 137 cm³/mol. The Morgan fingerprint density at radius 1 is 1.11 bits per heavy atom. The largest absolute Gasteiger partial charge is 0.457 e. The van der Waals surface area contributed by atoms with Crippen molar-refractivity contribution in [1.82, 2.24) is 20.4 Å². The third-order valence-corrected chi connectivity index (χ3v) is 6.61. The fourth-order valence-electron chi connectivity index (χ4n) is 4.55. The first kappa shape index (κ1) is 25.3. The number of ether oxygens (including phenoxy) is 1. The number of amides is 4. The number of carbonyl (C=O) groups excluding carboxylic acids is 3. The summed E-state index contributed by atoms with van der Waals surface area (Å²) >= 11 is 0. The Morgan fingerprint density at radius 3 is 2.47 bits per heavy atom. The molecular formula is C28H34N4O4. The summed E-state index contributed by atoms with van der Waals surface area (Å²) in [7, 11) is 0. The molecule has 2 aromatic rings. The van der Waals surface area contributed by atoms with Crippen LogP contribution in [0.25, 0.3) is 0 Å². The van der Waals surface area contributed by atoms with Crippen LogP contribution in [-0.2, 0) is 9.59 Å². The van der Waals surface area contributed by atoms with E-state index in [2.05, 4.69) is 10.6 Å². The molecule has 190 valence electrons. The predicted octanol–water partition coefficient (Wildman–Crippen LogP) is 4.21. The molecule has 2 aromatic carbocycles. The summed E-state index contributed by atoms with van der Waals surface area (Å²) in [6.07, 6.45) is 0.